The van der Waals surface area contributed by atoms with Crippen molar-refractivity contribution in [2.45, 2.75) is 77.5 Å². The molecule has 9 nitrogen and oxygen atoms in total. The van der Waals surface area contributed by atoms with Gasteiger partial charge in [0.1, 0.15) is 18.1 Å². The van der Waals surface area contributed by atoms with Crippen LogP contribution in [-0.2, 0) is 25.6 Å². The molecule has 1 aromatic rings. The van der Waals surface area contributed by atoms with Gasteiger partial charge in [0.2, 0.25) is 17.7 Å². The molecule has 34 heavy (non-hydrogen) atoms. The second kappa shape index (κ2) is 13.1. The third-order valence-corrected chi connectivity index (χ3v) is 5.86. The molecule has 1 fully saturated rings. The number of carbonyl (C=O) groups excluding carboxylic acids is 3. The maximum atomic E-state index is 13.2. The molecule has 0 radical (unpaired) electrons. The lowest BCUT2D eigenvalue weighted by Gasteiger charge is -2.27. The summed E-state index contributed by atoms with van der Waals surface area (Å²) < 4.78 is 0. The number of carboxylic acid groups (broad SMARTS) is 1. The van der Waals surface area contributed by atoms with Gasteiger partial charge in [0.05, 0.1) is 6.04 Å². The van der Waals surface area contributed by atoms with Gasteiger partial charge in [-0.1, -0.05) is 58.0 Å². The van der Waals surface area contributed by atoms with Crippen LogP contribution in [0.1, 0.15) is 52.5 Å². The summed E-state index contributed by atoms with van der Waals surface area (Å²) in [6.45, 7) is 8.15. The van der Waals surface area contributed by atoms with Crippen LogP contribution in [0.15, 0.2) is 30.3 Å². The van der Waals surface area contributed by atoms with Gasteiger partial charge in [0.25, 0.3) is 0 Å². The van der Waals surface area contributed by atoms with Gasteiger partial charge in [-0.05, 0) is 43.2 Å². The summed E-state index contributed by atoms with van der Waals surface area (Å²) in [5.41, 5.74) is 0.818. The Hall–Kier alpha value is -2.94. The van der Waals surface area contributed by atoms with Gasteiger partial charge in [0.15, 0.2) is 0 Å². The fourth-order valence-corrected chi connectivity index (χ4v) is 3.98. The SMILES string of the molecule is CC(C)CC(NC(=O)C(Cc1ccccc1)NC(=O)C(NC(=O)C1CCCN1)C(C)C)C(=O)O. The van der Waals surface area contributed by atoms with Crippen molar-refractivity contribution in [2.75, 3.05) is 6.54 Å². The monoisotopic (exact) mass is 474 g/mol. The van der Waals surface area contributed by atoms with Crippen LogP contribution >= 0.6 is 0 Å². The number of rotatable bonds is 12. The number of carboxylic acids is 1. The van der Waals surface area contributed by atoms with Crippen LogP contribution in [0.4, 0.5) is 0 Å². The molecule has 188 valence electrons. The van der Waals surface area contributed by atoms with E-state index in [0.717, 1.165) is 18.5 Å². The summed E-state index contributed by atoms with van der Waals surface area (Å²) in [7, 11) is 0. The zero-order chi connectivity index (χ0) is 25.3. The zero-order valence-electron chi connectivity index (χ0n) is 20.5. The highest BCUT2D eigenvalue weighted by atomic mass is 16.4. The molecule has 3 amide bonds. The van der Waals surface area contributed by atoms with E-state index in [4.69, 9.17) is 0 Å². The lowest BCUT2D eigenvalue weighted by molar-refractivity contribution is -0.142. The highest BCUT2D eigenvalue weighted by Crippen LogP contribution is 2.11. The lowest BCUT2D eigenvalue weighted by Crippen LogP contribution is -2.58. The van der Waals surface area contributed by atoms with Crippen LogP contribution in [0, 0.1) is 11.8 Å². The van der Waals surface area contributed by atoms with E-state index < -0.39 is 35.9 Å². The van der Waals surface area contributed by atoms with Gasteiger partial charge in [-0.3, -0.25) is 14.4 Å². The number of carbonyl (C=O) groups is 4. The highest BCUT2D eigenvalue weighted by Gasteiger charge is 2.33. The van der Waals surface area contributed by atoms with Gasteiger partial charge >= 0.3 is 5.97 Å². The molecule has 0 aliphatic carbocycles. The summed E-state index contributed by atoms with van der Waals surface area (Å²) in [5, 5.41) is 20.8. The van der Waals surface area contributed by atoms with E-state index in [-0.39, 0.29) is 36.6 Å². The molecule has 0 aromatic heterocycles. The Morgan fingerprint density at radius 3 is 2.15 bits per heavy atom. The molecule has 1 saturated heterocycles. The number of amides is 3. The molecule has 0 spiro atoms. The predicted molar refractivity (Wildman–Crippen MR) is 129 cm³/mol. The molecule has 1 heterocycles. The van der Waals surface area contributed by atoms with Crippen LogP contribution in [0.2, 0.25) is 0 Å². The first-order valence-corrected chi connectivity index (χ1v) is 12.0. The van der Waals surface area contributed by atoms with Gasteiger partial charge in [-0.25, -0.2) is 4.79 Å². The fraction of sp³-hybridized carbons (Fsp3) is 0.600. The van der Waals surface area contributed by atoms with Crippen molar-refractivity contribution in [2.24, 2.45) is 11.8 Å². The third kappa shape index (κ3) is 8.44. The largest absolute Gasteiger partial charge is 0.480 e. The Bertz CT molecular complexity index is 837. The molecule has 4 unspecified atom stereocenters. The predicted octanol–water partition coefficient (Wildman–Crippen LogP) is 1.22. The normalized spacial score (nSPS) is 18.2. The first-order chi connectivity index (χ1) is 16.1. The summed E-state index contributed by atoms with van der Waals surface area (Å²) in [4.78, 5) is 50.6. The maximum absolute atomic E-state index is 13.2. The summed E-state index contributed by atoms with van der Waals surface area (Å²) in [6, 6.07) is 5.97. The van der Waals surface area contributed by atoms with E-state index in [1.807, 2.05) is 58.0 Å². The Labute approximate surface area is 201 Å². The first kappa shape index (κ1) is 27.3. The molecular formula is C25H38N4O5. The van der Waals surface area contributed by atoms with Gasteiger partial charge in [-0.15, -0.1) is 0 Å². The number of benzene rings is 1. The first-order valence-electron chi connectivity index (χ1n) is 12.0. The molecule has 1 aromatic carbocycles. The van der Waals surface area contributed by atoms with Crippen LogP contribution < -0.4 is 21.3 Å². The van der Waals surface area contributed by atoms with E-state index in [2.05, 4.69) is 21.3 Å². The Balaban J connectivity index is 2.17. The average Bonchev–Trinajstić information content (AvgIpc) is 3.31. The summed E-state index contributed by atoms with van der Waals surface area (Å²) >= 11 is 0. The van der Waals surface area contributed by atoms with Crippen molar-refractivity contribution in [1.82, 2.24) is 21.3 Å². The van der Waals surface area contributed by atoms with Crippen molar-refractivity contribution in [3.63, 3.8) is 0 Å². The second-order valence-electron chi connectivity index (χ2n) is 9.66. The zero-order valence-corrected chi connectivity index (χ0v) is 20.5. The van der Waals surface area contributed by atoms with E-state index in [0.29, 0.717) is 6.42 Å². The molecule has 5 N–H and O–H groups in total. The molecule has 2 rings (SSSR count). The van der Waals surface area contributed by atoms with Crippen LogP contribution in [0.25, 0.3) is 0 Å². The summed E-state index contributed by atoms with van der Waals surface area (Å²) in [5.74, 6) is -2.56. The van der Waals surface area contributed by atoms with Crippen molar-refractivity contribution >= 4 is 23.7 Å². The number of aliphatic carboxylic acids is 1. The minimum Gasteiger partial charge on any atom is -0.480 e. The molecule has 0 saturated carbocycles. The van der Waals surface area contributed by atoms with E-state index >= 15 is 0 Å². The number of hydrogen-bond acceptors (Lipinski definition) is 5. The molecule has 1 aliphatic rings. The van der Waals surface area contributed by atoms with Crippen molar-refractivity contribution < 1.29 is 24.3 Å². The Morgan fingerprint density at radius 2 is 1.62 bits per heavy atom. The molecule has 4 atom stereocenters. The second-order valence-corrected chi connectivity index (χ2v) is 9.66. The van der Waals surface area contributed by atoms with Gasteiger partial charge in [-0.2, -0.15) is 0 Å². The van der Waals surface area contributed by atoms with Crippen LogP contribution in [0.5, 0.6) is 0 Å². The average molecular weight is 475 g/mol. The number of hydrogen-bond donors (Lipinski definition) is 5. The van der Waals surface area contributed by atoms with Gasteiger partial charge < -0.3 is 26.4 Å². The molecule has 1 aliphatic heterocycles. The van der Waals surface area contributed by atoms with Crippen molar-refractivity contribution in [3.05, 3.63) is 35.9 Å². The van der Waals surface area contributed by atoms with Gasteiger partial charge in [0, 0.05) is 6.42 Å². The topological polar surface area (TPSA) is 137 Å². The van der Waals surface area contributed by atoms with Crippen molar-refractivity contribution in [3.8, 4) is 0 Å². The van der Waals surface area contributed by atoms with Crippen LogP contribution in [-0.4, -0.2) is 59.5 Å². The van der Waals surface area contributed by atoms with Crippen LogP contribution in [0.3, 0.4) is 0 Å². The molecular weight excluding hydrogens is 436 g/mol. The molecule has 9 heteroatoms. The smallest absolute Gasteiger partial charge is 0.326 e. The van der Waals surface area contributed by atoms with E-state index in [1.54, 1.807) is 0 Å². The number of nitrogens with one attached hydrogen (secondary N) is 4. The standard InChI is InChI=1S/C25H38N4O5/c1-15(2)13-20(25(33)34)28-23(31)19(14-17-9-6-5-7-10-17)27-24(32)21(16(3)4)29-22(30)18-11-8-12-26-18/h5-7,9-10,15-16,18-21,26H,8,11-14H2,1-4H3,(H,27,32)(H,28,31)(H,29,30)(H,33,34). The minimum atomic E-state index is -1.12. The fourth-order valence-electron chi connectivity index (χ4n) is 3.98. The highest BCUT2D eigenvalue weighted by molar-refractivity contribution is 5.94. The minimum absolute atomic E-state index is 0.0632. The Morgan fingerprint density at radius 1 is 0.971 bits per heavy atom. The Kier molecular flexibility index (Phi) is 10.5. The maximum Gasteiger partial charge on any atom is 0.326 e. The van der Waals surface area contributed by atoms with E-state index in [9.17, 15) is 24.3 Å². The lowest BCUT2D eigenvalue weighted by atomic mass is 9.99. The molecule has 0 bridgehead atoms. The quantitative estimate of drug-likeness (QED) is 0.309. The van der Waals surface area contributed by atoms with Crippen molar-refractivity contribution in [1.29, 1.82) is 0 Å². The van der Waals surface area contributed by atoms with E-state index in [1.165, 1.54) is 0 Å². The summed E-state index contributed by atoms with van der Waals surface area (Å²) in [6.07, 6.45) is 2.07. The third-order valence-electron chi connectivity index (χ3n) is 5.86.